The molecule has 1 atom stereocenters. The van der Waals surface area contributed by atoms with Crippen LogP contribution in [0.4, 0.5) is 0 Å². The Labute approximate surface area is 60.9 Å². The van der Waals surface area contributed by atoms with Crippen molar-refractivity contribution in [1.29, 1.82) is 0 Å². The summed E-state index contributed by atoms with van der Waals surface area (Å²) in [7, 11) is 0. The molecule has 0 aliphatic carbocycles. The van der Waals surface area contributed by atoms with Crippen LogP contribution in [0.25, 0.3) is 0 Å². The van der Waals surface area contributed by atoms with Crippen molar-refractivity contribution in [2.24, 2.45) is 5.92 Å². The van der Waals surface area contributed by atoms with Crippen molar-refractivity contribution in [3.63, 3.8) is 0 Å². The lowest BCUT2D eigenvalue weighted by molar-refractivity contribution is -0.140. The van der Waals surface area contributed by atoms with Gasteiger partial charge in [-0.15, -0.1) is 5.73 Å². The number of carbonyl (C=O) groups is 1. The van der Waals surface area contributed by atoms with Gasteiger partial charge >= 0.3 is 5.97 Å². The molecule has 2 nitrogen and oxygen atoms in total. The topological polar surface area (TPSA) is 37.3 Å². The van der Waals surface area contributed by atoms with Crippen LogP contribution >= 0.6 is 0 Å². The van der Waals surface area contributed by atoms with Gasteiger partial charge < -0.3 is 5.11 Å². The van der Waals surface area contributed by atoms with E-state index >= 15 is 0 Å². The minimum Gasteiger partial charge on any atom is -0.481 e. The van der Waals surface area contributed by atoms with Gasteiger partial charge in [-0.3, -0.25) is 4.79 Å². The summed E-state index contributed by atoms with van der Waals surface area (Å²) >= 11 is 0. The fourth-order valence-corrected chi connectivity index (χ4v) is 0.731. The fraction of sp³-hybridized carbons (Fsp3) is 0.500. The van der Waals surface area contributed by atoms with E-state index in [1.807, 2.05) is 6.92 Å². The van der Waals surface area contributed by atoms with E-state index < -0.39 is 11.9 Å². The van der Waals surface area contributed by atoms with E-state index in [0.29, 0.717) is 6.42 Å². The average Bonchev–Trinajstić information content (AvgIpc) is 1.87. The molecule has 0 aliphatic rings. The maximum Gasteiger partial charge on any atom is 0.310 e. The zero-order valence-electron chi connectivity index (χ0n) is 6.13. The Bertz CT molecular complexity index is 153. The van der Waals surface area contributed by atoms with Crippen LogP contribution in [0.2, 0.25) is 0 Å². The molecule has 0 aromatic rings. The highest BCUT2D eigenvalue weighted by Gasteiger charge is 2.10. The Kier molecular flexibility index (Phi) is 4.34. The second kappa shape index (κ2) is 4.83. The summed E-state index contributed by atoms with van der Waals surface area (Å²) in [6.07, 6.45) is 3.03. The largest absolute Gasteiger partial charge is 0.481 e. The van der Waals surface area contributed by atoms with Crippen LogP contribution in [0.1, 0.15) is 19.8 Å². The quantitative estimate of drug-likeness (QED) is 0.605. The molecule has 0 aliphatic heterocycles. The molecule has 2 heteroatoms. The standard InChI is InChI=1S/C8H12O2/c1-3-5-7(6-4-2)8(9)10/h5,7H,1,4,6H2,2H3,(H,9,10). The lowest BCUT2D eigenvalue weighted by Crippen LogP contribution is -2.09. The van der Waals surface area contributed by atoms with E-state index in [9.17, 15) is 4.79 Å². The molecule has 1 unspecified atom stereocenters. The number of rotatable bonds is 4. The fourth-order valence-electron chi connectivity index (χ4n) is 0.731. The van der Waals surface area contributed by atoms with Crippen LogP contribution in [0.15, 0.2) is 18.4 Å². The van der Waals surface area contributed by atoms with E-state index in [-0.39, 0.29) is 0 Å². The first kappa shape index (κ1) is 8.99. The molecule has 0 radical (unpaired) electrons. The molecule has 0 heterocycles. The molecule has 0 rings (SSSR count). The minimum absolute atomic E-state index is 0.400. The summed E-state index contributed by atoms with van der Waals surface area (Å²) in [6, 6.07) is 0. The summed E-state index contributed by atoms with van der Waals surface area (Å²) in [5.41, 5.74) is 2.48. The summed E-state index contributed by atoms with van der Waals surface area (Å²) in [5, 5.41) is 8.54. The van der Waals surface area contributed by atoms with Crippen LogP contribution in [-0.4, -0.2) is 11.1 Å². The number of aliphatic carboxylic acids is 1. The van der Waals surface area contributed by atoms with E-state index in [1.54, 1.807) is 0 Å². The highest BCUT2D eigenvalue weighted by Crippen LogP contribution is 2.06. The second-order valence-corrected chi connectivity index (χ2v) is 2.10. The van der Waals surface area contributed by atoms with Gasteiger partial charge in [-0.1, -0.05) is 19.9 Å². The third-order valence-corrected chi connectivity index (χ3v) is 1.24. The van der Waals surface area contributed by atoms with Gasteiger partial charge in [0, 0.05) is 0 Å². The Morgan fingerprint density at radius 2 is 2.50 bits per heavy atom. The zero-order valence-corrected chi connectivity index (χ0v) is 6.13. The predicted molar refractivity (Wildman–Crippen MR) is 39.7 cm³/mol. The van der Waals surface area contributed by atoms with Gasteiger partial charge in [-0.25, -0.2) is 0 Å². The van der Waals surface area contributed by atoms with Crippen molar-refractivity contribution < 1.29 is 9.90 Å². The monoisotopic (exact) mass is 140 g/mol. The van der Waals surface area contributed by atoms with Gasteiger partial charge in [0.15, 0.2) is 0 Å². The lowest BCUT2D eigenvalue weighted by atomic mass is 10.0. The SMILES string of the molecule is C=C=CC(CCC)C(=O)O. The third-order valence-electron chi connectivity index (χ3n) is 1.24. The number of carboxylic acid groups (broad SMARTS) is 1. The van der Waals surface area contributed by atoms with Crippen molar-refractivity contribution in [3.8, 4) is 0 Å². The Morgan fingerprint density at radius 3 is 2.80 bits per heavy atom. The van der Waals surface area contributed by atoms with E-state index in [4.69, 9.17) is 5.11 Å². The first-order valence-corrected chi connectivity index (χ1v) is 3.31. The van der Waals surface area contributed by atoms with Crippen LogP contribution < -0.4 is 0 Å². The van der Waals surface area contributed by atoms with Crippen LogP contribution in [0.3, 0.4) is 0 Å². The maximum atomic E-state index is 10.4. The molecular weight excluding hydrogens is 128 g/mol. The maximum absolute atomic E-state index is 10.4. The van der Waals surface area contributed by atoms with Gasteiger partial charge in [0.25, 0.3) is 0 Å². The molecule has 56 valence electrons. The molecule has 1 N–H and O–H groups in total. The average molecular weight is 140 g/mol. The molecule has 0 aromatic heterocycles. The van der Waals surface area contributed by atoms with E-state index in [2.05, 4.69) is 12.3 Å². The van der Waals surface area contributed by atoms with E-state index in [1.165, 1.54) is 6.08 Å². The van der Waals surface area contributed by atoms with E-state index in [0.717, 1.165) is 6.42 Å². The molecule has 0 amide bonds. The summed E-state index contributed by atoms with van der Waals surface area (Å²) in [4.78, 5) is 10.4. The van der Waals surface area contributed by atoms with Crippen molar-refractivity contribution in [3.05, 3.63) is 18.4 Å². The van der Waals surface area contributed by atoms with Crippen LogP contribution in [-0.2, 0) is 4.79 Å². The smallest absolute Gasteiger partial charge is 0.310 e. The molecule has 0 fully saturated rings. The van der Waals surface area contributed by atoms with Crippen LogP contribution in [0.5, 0.6) is 0 Å². The van der Waals surface area contributed by atoms with Gasteiger partial charge in [-0.2, -0.15) is 0 Å². The molecule has 0 spiro atoms. The predicted octanol–water partition coefficient (Wildman–Crippen LogP) is 1.83. The van der Waals surface area contributed by atoms with Crippen molar-refractivity contribution in [2.75, 3.05) is 0 Å². The summed E-state index contributed by atoms with van der Waals surface area (Å²) < 4.78 is 0. The van der Waals surface area contributed by atoms with Crippen molar-refractivity contribution >= 4 is 5.97 Å². The van der Waals surface area contributed by atoms with Crippen molar-refractivity contribution in [1.82, 2.24) is 0 Å². The number of carboxylic acids is 1. The first-order chi connectivity index (χ1) is 4.72. The summed E-state index contributed by atoms with van der Waals surface area (Å²) in [6.45, 7) is 5.27. The Balaban J connectivity index is 3.97. The Hall–Kier alpha value is -1.01. The van der Waals surface area contributed by atoms with Gasteiger partial charge in [0.2, 0.25) is 0 Å². The molecule has 10 heavy (non-hydrogen) atoms. The van der Waals surface area contributed by atoms with Gasteiger partial charge in [0.05, 0.1) is 5.92 Å². The molecule has 0 aromatic carbocycles. The summed E-state index contributed by atoms with van der Waals surface area (Å²) in [5.74, 6) is -1.19. The number of hydrogen-bond donors (Lipinski definition) is 1. The minimum atomic E-state index is -0.794. The molecule has 0 saturated carbocycles. The lowest BCUT2D eigenvalue weighted by Gasteiger charge is -2.01. The van der Waals surface area contributed by atoms with Crippen molar-refractivity contribution in [2.45, 2.75) is 19.8 Å². The van der Waals surface area contributed by atoms with Gasteiger partial charge in [0.1, 0.15) is 0 Å². The molecule has 0 saturated heterocycles. The molecular formula is C8H12O2. The zero-order chi connectivity index (χ0) is 7.98. The number of hydrogen-bond acceptors (Lipinski definition) is 1. The first-order valence-electron chi connectivity index (χ1n) is 3.31. The third kappa shape index (κ3) is 3.10. The highest BCUT2D eigenvalue weighted by molar-refractivity contribution is 5.71. The molecule has 0 bridgehead atoms. The van der Waals surface area contributed by atoms with Crippen LogP contribution in [0, 0.1) is 5.92 Å². The van der Waals surface area contributed by atoms with Gasteiger partial charge in [-0.05, 0) is 12.5 Å². The second-order valence-electron chi connectivity index (χ2n) is 2.10. The Morgan fingerprint density at radius 1 is 1.90 bits per heavy atom. The normalized spacial score (nSPS) is 11.7. The highest BCUT2D eigenvalue weighted by atomic mass is 16.4.